The third-order valence-corrected chi connectivity index (χ3v) is 6.41. The van der Waals surface area contributed by atoms with Gasteiger partial charge >= 0.3 is 12.0 Å². The number of ether oxygens (including phenoxy) is 1. The number of carbonyl (C=O) groups is 2. The van der Waals surface area contributed by atoms with Crippen molar-refractivity contribution in [3.63, 3.8) is 0 Å². The molecule has 2 heterocycles. The molecule has 2 atom stereocenters. The Bertz CT molecular complexity index is 918. The molecule has 8 heteroatoms. The summed E-state index contributed by atoms with van der Waals surface area (Å²) in [7, 11) is -1.96. The van der Waals surface area contributed by atoms with E-state index in [2.05, 4.69) is 5.32 Å². The Balaban J connectivity index is 2.04. The van der Waals surface area contributed by atoms with Gasteiger partial charge in [-0.1, -0.05) is 12.1 Å². The second-order valence-corrected chi connectivity index (χ2v) is 9.66. The van der Waals surface area contributed by atoms with Gasteiger partial charge in [-0.25, -0.2) is 18.0 Å². The van der Waals surface area contributed by atoms with Gasteiger partial charge in [-0.2, -0.15) is 0 Å². The first-order valence-electron chi connectivity index (χ1n) is 9.34. The fraction of sp³-hybridized carbons (Fsp3) is 0.500. The van der Waals surface area contributed by atoms with Gasteiger partial charge in [-0.15, -0.1) is 0 Å². The lowest BCUT2D eigenvalue weighted by molar-refractivity contribution is -0.136. The molecule has 0 saturated carbocycles. The summed E-state index contributed by atoms with van der Waals surface area (Å²) in [6.07, 6.45) is 3.20. The Morgan fingerprint density at radius 3 is 2.36 bits per heavy atom. The SMILES string of the molecule is COC(=O)C1=C(c2ccc(S(C)(=O)=O)cc2)C[C@@H]2CC[C@H]1N2C(=O)NC(C)C. The average molecular weight is 407 g/mol. The van der Waals surface area contributed by atoms with Crippen molar-refractivity contribution in [3.8, 4) is 0 Å². The molecule has 28 heavy (non-hydrogen) atoms. The minimum Gasteiger partial charge on any atom is -0.466 e. The number of fused-ring (bicyclic) bond motifs is 2. The topological polar surface area (TPSA) is 92.8 Å². The quantitative estimate of drug-likeness (QED) is 0.775. The van der Waals surface area contributed by atoms with Crippen molar-refractivity contribution in [2.24, 2.45) is 0 Å². The number of hydrogen-bond acceptors (Lipinski definition) is 5. The van der Waals surface area contributed by atoms with Crippen molar-refractivity contribution in [3.05, 3.63) is 35.4 Å². The molecule has 1 saturated heterocycles. The second-order valence-electron chi connectivity index (χ2n) is 7.64. The van der Waals surface area contributed by atoms with Crippen molar-refractivity contribution >= 4 is 27.4 Å². The Hall–Kier alpha value is -2.35. The van der Waals surface area contributed by atoms with Crippen molar-refractivity contribution in [1.29, 1.82) is 0 Å². The van der Waals surface area contributed by atoms with Gasteiger partial charge in [0, 0.05) is 18.3 Å². The van der Waals surface area contributed by atoms with Crippen LogP contribution in [0.4, 0.5) is 4.79 Å². The molecule has 0 aliphatic carbocycles. The number of urea groups is 1. The molecule has 1 aromatic rings. The molecule has 0 spiro atoms. The highest BCUT2D eigenvalue weighted by Gasteiger charge is 2.46. The van der Waals surface area contributed by atoms with Gasteiger partial charge in [0.15, 0.2) is 9.84 Å². The molecule has 152 valence electrons. The number of carbonyl (C=O) groups excluding carboxylic acids is 2. The van der Waals surface area contributed by atoms with Crippen LogP contribution in [0.5, 0.6) is 0 Å². The van der Waals surface area contributed by atoms with Crippen LogP contribution < -0.4 is 5.32 Å². The molecule has 1 aromatic carbocycles. The number of amides is 2. The summed E-state index contributed by atoms with van der Waals surface area (Å²) in [6, 6.07) is 6.03. The van der Waals surface area contributed by atoms with E-state index in [-0.39, 0.29) is 29.1 Å². The fourth-order valence-corrected chi connectivity index (χ4v) is 4.72. The minimum absolute atomic E-state index is 0.00161. The lowest BCUT2D eigenvalue weighted by atomic mass is 9.88. The van der Waals surface area contributed by atoms with Crippen LogP contribution in [0.3, 0.4) is 0 Å². The zero-order valence-corrected chi connectivity index (χ0v) is 17.4. The summed E-state index contributed by atoms with van der Waals surface area (Å²) in [5.41, 5.74) is 2.10. The molecule has 0 radical (unpaired) electrons. The Labute approximate surface area is 165 Å². The number of nitrogens with zero attached hydrogens (tertiary/aromatic N) is 1. The highest BCUT2D eigenvalue weighted by molar-refractivity contribution is 7.90. The molecule has 1 N–H and O–H groups in total. The smallest absolute Gasteiger partial charge is 0.336 e. The van der Waals surface area contributed by atoms with Crippen LogP contribution in [-0.2, 0) is 19.4 Å². The summed E-state index contributed by atoms with van der Waals surface area (Å²) >= 11 is 0. The van der Waals surface area contributed by atoms with E-state index >= 15 is 0 Å². The zero-order chi connectivity index (χ0) is 20.6. The van der Waals surface area contributed by atoms with Gasteiger partial charge in [0.05, 0.1) is 23.6 Å². The maximum atomic E-state index is 12.7. The summed E-state index contributed by atoms with van der Waals surface area (Å²) < 4.78 is 28.5. The molecule has 2 amide bonds. The van der Waals surface area contributed by atoms with Crippen LogP contribution in [0.25, 0.3) is 5.57 Å². The molecule has 7 nitrogen and oxygen atoms in total. The lowest BCUT2D eigenvalue weighted by Gasteiger charge is -2.37. The normalized spacial score (nSPS) is 21.8. The summed E-state index contributed by atoms with van der Waals surface area (Å²) in [5.74, 6) is -0.449. The predicted octanol–water partition coefficient (Wildman–Crippen LogP) is 2.37. The van der Waals surface area contributed by atoms with Crippen LogP contribution in [0, 0.1) is 0 Å². The van der Waals surface area contributed by atoms with E-state index < -0.39 is 15.8 Å². The first-order chi connectivity index (χ1) is 13.1. The molecule has 2 aliphatic rings. The molecule has 0 aromatic heterocycles. The van der Waals surface area contributed by atoms with E-state index in [9.17, 15) is 18.0 Å². The molecule has 3 rings (SSSR count). The fourth-order valence-electron chi connectivity index (χ4n) is 4.09. The van der Waals surface area contributed by atoms with E-state index in [4.69, 9.17) is 4.74 Å². The van der Waals surface area contributed by atoms with Gasteiger partial charge in [-0.3, -0.25) is 0 Å². The molecular weight excluding hydrogens is 380 g/mol. The lowest BCUT2D eigenvalue weighted by Crippen LogP contribution is -2.52. The first kappa shape index (κ1) is 20.4. The maximum absolute atomic E-state index is 12.7. The summed E-state index contributed by atoms with van der Waals surface area (Å²) in [4.78, 5) is 27.3. The van der Waals surface area contributed by atoms with Gasteiger partial charge < -0.3 is 15.0 Å². The molecule has 2 bridgehead atoms. The number of hydrogen-bond donors (Lipinski definition) is 1. The van der Waals surface area contributed by atoms with Crippen molar-refractivity contribution < 1.29 is 22.7 Å². The third-order valence-electron chi connectivity index (χ3n) is 5.28. The van der Waals surface area contributed by atoms with Crippen LogP contribution in [0.1, 0.15) is 38.7 Å². The summed E-state index contributed by atoms with van der Waals surface area (Å²) in [5, 5.41) is 2.92. The van der Waals surface area contributed by atoms with Crippen LogP contribution in [0.15, 0.2) is 34.7 Å². The average Bonchev–Trinajstić information content (AvgIpc) is 2.94. The van der Waals surface area contributed by atoms with E-state index in [1.807, 2.05) is 13.8 Å². The van der Waals surface area contributed by atoms with Crippen molar-refractivity contribution in [1.82, 2.24) is 10.2 Å². The molecule has 0 unspecified atom stereocenters. The monoisotopic (exact) mass is 406 g/mol. The predicted molar refractivity (Wildman–Crippen MR) is 105 cm³/mol. The Kier molecular flexibility index (Phi) is 5.52. The second kappa shape index (κ2) is 7.58. The van der Waals surface area contributed by atoms with Gasteiger partial charge in [0.25, 0.3) is 0 Å². The summed E-state index contributed by atoms with van der Waals surface area (Å²) in [6.45, 7) is 3.80. The maximum Gasteiger partial charge on any atom is 0.336 e. The Morgan fingerprint density at radius 1 is 1.18 bits per heavy atom. The largest absolute Gasteiger partial charge is 0.466 e. The number of benzene rings is 1. The highest BCUT2D eigenvalue weighted by Crippen LogP contribution is 2.43. The zero-order valence-electron chi connectivity index (χ0n) is 16.6. The van der Waals surface area contributed by atoms with Crippen LogP contribution >= 0.6 is 0 Å². The molecule has 1 fully saturated rings. The molecule has 2 aliphatic heterocycles. The number of methoxy groups -OCH3 is 1. The van der Waals surface area contributed by atoms with Gasteiger partial charge in [0.1, 0.15) is 0 Å². The van der Waals surface area contributed by atoms with Crippen LogP contribution in [0.2, 0.25) is 0 Å². The minimum atomic E-state index is -3.29. The first-order valence-corrected chi connectivity index (χ1v) is 11.2. The third kappa shape index (κ3) is 3.78. The standard InChI is InChI=1S/C20H26N2O5S/c1-12(2)21-20(24)22-14-7-10-17(22)18(19(23)27-3)16(11-14)13-5-8-15(9-6-13)28(4,25)26/h5-6,8-9,12,14,17H,7,10-11H2,1-4H3,(H,21,24)/t14-,17+/m0/s1. The van der Waals surface area contributed by atoms with Crippen molar-refractivity contribution in [2.45, 2.75) is 56.1 Å². The van der Waals surface area contributed by atoms with Crippen molar-refractivity contribution in [2.75, 3.05) is 13.4 Å². The van der Waals surface area contributed by atoms with Gasteiger partial charge in [0.2, 0.25) is 0 Å². The van der Waals surface area contributed by atoms with E-state index in [0.29, 0.717) is 18.4 Å². The number of sulfone groups is 1. The molecular formula is C20H26N2O5S. The van der Waals surface area contributed by atoms with Crippen LogP contribution in [-0.4, -0.2) is 56.8 Å². The van der Waals surface area contributed by atoms with E-state index in [0.717, 1.165) is 23.8 Å². The van der Waals surface area contributed by atoms with Gasteiger partial charge in [-0.05, 0) is 56.4 Å². The number of rotatable bonds is 4. The van der Waals surface area contributed by atoms with E-state index in [1.165, 1.54) is 7.11 Å². The number of esters is 1. The highest BCUT2D eigenvalue weighted by atomic mass is 32.2. The van der Waals surface area contributed by atoms with E-state index in [1.54, 1.807) is 29.2 Å². The number of nitrogens with one attached hydrogen (secondary N) is 1. The Morgan fingerprint density at radius 2 is 1.82 bits per heavy atom.